The third-order valence-electron chi connectivity index (χ3n) is 2.77. The van der Waals surface area contributed by atoms with Crippen LogP contribution in [0, 0.1) is 11.3 Å². The van der Waals surface area contributed by atoms with Crippen LogP contribution in [-0.4, -0.2) is 18.9 Å². The molecule has 1 aliphatic heterocycles. The van der Waals surface area contributed by atoms with Crippen LogP contribution in [0.15, 0.2) is 0 Å². The molecule has 0 amide bonds. The van der Waals surface area contributed by atoms with Gasteiger partial charge in [-0.15, -0.1) is 0 Å². The van der Waals surface area contributed by atoms with E-state index in [9.17, 15) is 4.79 Å². The van der Waals surface area contributed by atoms with Crippen LogP contribution < -0.4 is 0 Å². The van der Waals surface area contributed by atoms with Crippen molar-refractivity contribution in [1.29, 1.82) is 0 Å². The summed E-state index contributed by atoms with van der Waals surface area (Å²) >= 11 is 0. The highest BCUT2D eigenvalue weighted by molar-refractivity contribution is 5.66. The molecule has 14 heavy (non-hydrogen) atoms. The summed E-state index contributed by atoms with van der Waals surface area (Å²) < 4.78 is 10.4. The minimum absolute atomic E-state index is 0.260. The molecule has 3 nitrogen and oxygen atoms in total. The molecule has 1 fully saturated rings. The second-order valence-electron chi connectivity index (χ2n) is 5.00. The molecular formula is C11H20O3. The fourth-order valence-electron chi connectivity index (χ4n) is 1.81. The molecule has 1 rings (SSSR count). The van der Waals surface area contributed by atoms with Crippen molar-refractivity contribution in [3.63, 3.8) is 0 Å². The Balaban J connectivity index is 2.48. The van der Waals surface area contributed by atoms with Gasteiger partial charge < -0.3 is 9.47 Å². The van der Waals surface area contributed by atoms with E-state index < -0.39 is 0 Å². The molecule has 0 aromatic rings. The van der Waals surface area contributed by atoms with Crippen LogP contribution in [0.5, 0.6) is 0 Å². The fourth-order valence-corrected chi connectivity index (χ4v) is 1.81. The van der Waals surface area contributed by atoms with Gasteiger partial charge in [0.1, 0.15) is 0 Å². The Morgan fingerprint density at radius 3 is 2.57 bits per heavy atom. The third kappa shape index (κ3) is 3.29. The van der Waals surface area contributed by atoms with E-state index in [1.165, 1.54) is 6.92 Å². The molecule has 2 atom stereocenters. The summed E-state index contributed by atoms with van der Waals surface area (Å²) in [6.45, 7) is 8.76. The SMILES string of the molecule is CC(=O)OC1C[C@H](C(C)(C)C)CCO1. The van der Waals surface area contributed by atoms with Gasteiger partial charge in [-0.2, -0.15) is 0 Å². The smallest absolute Gasteiger partial charge is 0.304 e. The average Bonchev–Trinajstić information content (AvgIpc) is 2.01. The summed E-state index contributed by atoms with van der Waals surface area (Å²) in [6.07, 6.45) is 1.55. The first-order valence-corrected chi connectivity index (χ1v) is 5.18. The largest absolute Gasteiger partial charge is 0.436 e. The number of hydrogen-bond donors (Lipinski definition) is 0. The van der Waals surface area contributed by atoms with Crippen molar-refractivity contribution < 1.29 is 14.3 Å². The Morgan fingerprint density at radius 2 is 2.07 bits per heavy atom. The van der Waals surface area contributed by atoms with Gasteiger partial charge in [0, 0.05) is 13.3 Å². The zero-order chi connectivity index (χ0) is 10.8. The molecule has 0 N–H and O–H groups in total. The van der Waals surface area contributed by atoms with Gasteiger partial charge in [0.2, 0.25) is 6.29 Å². The van der Waals surface area contributed by atoms with E-state index in [0.29, 0.717) is 12.5 Å². The minimum Gasteiger partial charge on any atom is -0.436 e. The van der Waals surface area contributed by atoms with Gasteiger partial charge in [0.05, 0.1) is 6.61 Å². The number of carbonyl (C=O) groups excluding carboxylic acids is 1. The van der Waals surface area contributed by atoms with Gasteiger partial charge in [-0.1, -0.05) is 20.8 Å². The standard InChI is InChI=1S/C11H20O3/c1-8(12)14-10-7-9(5-6-13-10)11(2,3)4/h9-10H,5-7H2,1-4H3/t9-,10?/m1/s1. The molecule has 1 unspecified atom stereocenters. The maximum atomic E-state index is 10.8. The summed E-state index contributed by atoms with van der Waals surface area (Å²) in [5, 5.41) is 0. The Labute approximate surface area is 85.8 Å². The van der Waals surface area contributed by atoms with E-state index in [-0.39, 0.29) is 17.7 Å². The highest BCUT2D eigenvalue weighted by Crippen LogP contribution is 2.35. The van der Waals surface area contributed by atoms with Gasteiger partial charge in [-0.25, -0.2) is 0 Å². The second-order valence-corrected chi connectivity index (χ2v) is 5.00. The summed E-state index contributed by atoms with van der Waals surface area (Å²) in [4.78, 5) is 10.8. The lowest BCUT2D eigenvalue weighted by molar-refractivity contribution is -0.194. The van der Waals surface area contributed by atoms with Crippen molar-refractivity contribution in [3.8, 4) is 0 Å². The minimum atomic E-state index is -0.328. The van der Waals surface area contributed by atoms with E-state index in [4.69, 9.17) is 9.47 Å². The summed E-state index contributed by atoms with van der Waals surface area (Å²) in [7, 11) is 0. The second kappa shape index (κ2) is 4.30. The Hall–Kier alpha value is -0.570. The highest BCUT2D eigenvalue weighted by atomic mass is 16.7. The van der Waals surface area contributed by atoms with Crippen LogP contribution >= 0.6 is 0 Å². The molecule has 1 heterocycles. The van der Waals surface area contributed by atoms with Crippen molar-refractivity contribution in [1.82, 2.24) is 0 Å². The summed E-state index contributed by atoms with van der Waals surface area (Å²) in [5.74, 6) is 0.310. The highest BCUT2D eigenvalue weighted by Gasteiger charge is 2.32. The lowest BCUT2D eigenvalue weighted by Crippen LogP contribution is -2.35. The van der Waals surface area contributed by atoms with Crippen LogP contribution in [0.3, 0.4) is 0 Å². The van der Waals surface area contributed by atoms with Crippen molar-refractivity contribution in [2.75, 3.05) is 6.61 Å². The molecule has 82 valence electrons. The predicted octanol–water partition coefficient (Wildman–Crippen LogP) is 2.35. The normalized spacial score (nSPS) is 28.6. The maximum Gasteiger partial charge on any atom is 0.304 e. The molecule has 1 saturated heterocycles. The molecule has 0 aromatic heterocycles. The first kappa shape index (κ1) is 11.5. The Kier molecular flexibility index (Phi) is 3.53. The van der Waals surface area contributed by atoms with Crippen LogP contribution in [0.2, 0.25) is 0 Å². The average molecular weight is 200 g/mol. The first-order valence-electron chi connectivity index (χ1n) is 5.18. The zero-order valence-corrected chi connectivity index (χ0v) is 9.50. The Bertz CT molecular complexity index is 205. The van der Waals surface area contributed by atoms with Gasteiger partial charge in [0.25, 0.3) is 0 Å². The van der Waals surface area contributed by atoms with E-state index >= 15 is 0 Å². The zero-order valence-electron chi connectivity index (χ0n) is 9.50. The summed E-state index contributed by atoms with van der Waals surface area (Å²) in [6, 6.07) is 0. The topological polar surface area (TPSA) is 35.5 Å². The molecule has 0 radical (unpaired) electrons. The molecule has 3 heteroatoms. The number of rotatable bonds is 1. The van der Waals surface area contributed by atoms with Crippen LogP contribution in [0.4, 0.5) is 0 Å². The monoisotopic (exact) mass is 200 g/mol. The number of carbonyl (C=O) groups is 1. The molecule has 0 aliphatic carbocycles. The van der Waals surface area contributed by atoms with Gasteiger partial charge >= 0.3 is 5.97 Å². The van der Waals surface area contributed by atoms with E-state index in [2.05, 4.69) is 20.8 Å². The molecule has 0 bridgehead atoms. The third-order valence-corrected chi connectivity index (χ3v) is 2.77. The Morgan fingerprint density at radius 1 is 1.43 bits per heavy atom. The molecule has 0 aromatic carbocycles. The maximum absolute atomic E-state index is 10.8. The van der Waals surface area contributed by atoms with E-state index in [0.717, 1.165) is 12.8 Å². The molecule has 0 saturated carbocycles. The van der Waals surface area contributed by atoms with Crippen LogP contribution in [0.25, 0.3) is 0 Å². The fraction of sp³-hybridized carbons (Fsp3) is 0.909. The van der Waals surface area contributed by atoms with Gasteiger partial charge in [0.15, 0.2) is 0 Å². The predicted molar refractivity (Wildman–Crippen MR) is 53.7 cm³/mol. The number of ether oxygens (including phenoxy) is 2. The molecule has 1 aliphatic rings. The van der Waals surface area contributed by atoms with Crippen LogP contribution in [0.1, 0.15) is 40.5 Å². The van der Waals surface area contributed by atoms with E-state index in [1.807, 2.05) is 0 Å². The van der Waals surface area contributed by atoms with Crippen molar-refractivity contribution in [2.45, 2.75) is 46.8 Å². The number of hydrogen-bond acceptors (Lipinski definition) is 3. The van der Waals surface area contributed by atoms with Crippen molar-refractivity contribution >= 4 is 5.97 Å². The van der Waals surface area contributed by atoms with Gasteiger partial charge in [-0.05, 0) is 17.8 Å². The number of esters is 1. The first-order chi connectivity index (χ1) is 6.39. The van der Waals surface area contributed by atoms with Crippen molar-refractivity contribution in [3.05, 3.63) is 0 Å². The summed E-state index contributed by atoms with van der Waals surface area (Å²) in [5.41, 5.74) is 0.266. The lowest BCUT2D eigenvalue weighted by Gasteiger charge is -2.36. The van der Waals surface area contributed by atoms with Crippen molar-refractivity contribution in [2.24, 2.45) is 11.3 Å². The molecular weight excluding hydrogens is 180 g/mol. The van der Waals surface area contributed by atoms with E-state index in [1.54, 1.807) is 0 Å². The van der Waals surface area contributed by atoms with Gasteiger partial charge in [-0.3, -0.25) is 4.79 Å². The molecule has 0 spiro atoms. The lowest BCUT2D eigenvalue weighted by atomic mass is 9.76. The van der Waals surface area contributed by atoms with Crippen LogP contribution in [-0.2, 0) is 14.3 Å². The quantitative estimate of drug-likeness (QED) is 0.609.